The summed E-state index contributed by atoms with van der Waals surface area (Å²) in [5.74, 6) is 1.33. The van der Waals surface area contributed by atoms with Crippen LogP contribution in [-0.4, -0.2) is 16.1 Å². The van der Waals surface area contributed by atoms with Crippen molar-refractivity contribution in [1.29, 1.82) is 0 Å². The molecule has 0 unspecified atom stereocenters. The number of allylic oxidation sites excluding steroid dienone is 2. The monoisotopic (exact) mass is 260 g/mol. The number of carbonyl (C=O) groups is 1. The number of hydrogen-bond acceptors (Lipinski definition) is 7. The molecule has 1 atom stereocenters. The molecular weight excluding hydrogens is 248 g/mol. The molecule has 3 N–H and O–H groups in total. The van der Waals surface area contributed by atoms with Crippen LogP contribution in [-0.2, 0) is 4.79 Å². The third-order valence-corrected chi connectivity index (χ3v) is 2.99. The van der Waals surface area contributed by atoms with Gasteiger partial charge in [-0.1, -0.05) is 0 Å². The van der Waals surface area contributed by atoms with Gasteiger partial charge in [0.15, 0.2) is 5.78 Å². The predicted molar refractivity (Wildman–Crippen MR) is 66.1 cm³/mol. The number of nitrogen functional groups attached to an aromatic ring is 1. The van der Waals surface area contributed by atoms with Gasteiger partial charge in [0.05, 0.1) is 6.26 Å². The third-order valence-electron chi connectivity index (χ3n) is 2.99. The molecule has 0 aromatic carbocycles. The van der Waals surface area contributed by atoms with Crippen molar-refractivity contribution in [2.24, 2.45) is 0 Å². The maximum atomic E-state index is 11.7. The molecule has 0 spiro atoms. The normalized spacial score (nSPS) is 19.3. The second kappa shape index (κ2) is 4.60. The Labute approximate surface area is 108 Å². The van der Waals surface area contributed by atoms with Gasteiger partial charge in [-0.2, -0.15) is 0 Å². The molecule has 0 amide bonds. The largest absolute Gasteiger partial charge is 0.469 e. The highest BCUT2D eigenvalue weighted by Gasteiger charge is 2.25. The summed E-state index contributed by atoms with van der Waals surface area (Å²) in [6.07, 6.45) is 4.23. The molecular formula is C12H12N4O3. The van der Waals surface area contributed by atoms with Crippen LogP contribution in [0.15, 0.2) is 39.2 Å². The summed E-state index contributed by atoms with van der Waals surface area (Å²) >= 11 is 0. The lowest BCUT2D eigenvalue weighted by molar-refractivity contribution is -0.115. The van der Waals surface area contributed by atoms with Crippen LogP contribution in [0, 0.1) is 0 Å². The number of ketones is 1. The summed E-state index contributed by atoms with van der Waals surface area (Å²) in [7, 11) is 0. The van der Waals surface area contributed by atoms with E-state index in [-0.39, 0.29) is 17.5 Å². The molecule has 0 saturated heterocycles. The van der Waals surface area contributed by atoms with Gasteiger partial charge in [-0.15, -0.1) is 0 Å². The van der Waals surface area contributed by atoms with Gasteiger partial charge in [-0.05, 0) is 28.9 Å². The van der Waals surface area contributed by atoms with Gasteiger partial charge in [0.1, 0.15) is 5.76 Å². The highest BCUT2D eigenvalue weighted by atomic mass is 16.6. The predicted octanol–water partition coefficient (Wildman–Crippen LogP) is 1.69. The molecule has 0 bridgehead atoms. The second-order valence-electron chi connectivity index (χ2n) is 4.38. The lowest BCUT2D eigenvalue weighted by Gasteiger charge is -2.20. The molecule has 19 heavy (non-hydrogen) atoms. The van der Waals surface area contributed by atoms with Crippen molar-refractivity contribution in [3.05, 3.63) is 35.9 Å². The molecule has 7 nitrogen and oxygen atoms in total. The lowest BCUT2D eigenvalue weighted by Crippen LogP contribution is -2.16. The van der Waals surface area contributed by atoms with Crippen LogP contribution in [0.2, 0.25) is 0 Å². The fraction of sp³-hybridized carbons (Fsp3) is 0.250. The van der Waals surface area contributed by atoms with Crippen molar-refractivity contribution in [3.63, 3.8) is 0 Å². The highest BCUT2D eigenvalue weighted by Crippen LogP contribution is 2.32. The van der Waals surface area contributed by atoms with E-state index in [2.05, 4.69) is 20.3 Å². The van der Waals surface area contributed by atoms with Crippen LogP contribution in [0.25, 0.3) is 0 Å². The summed E-state index contributed by atoms with van der Waals surface area (Å²) < 4.78 is 9.84. The van der Waals surface area contributed by atoms with E-state index >= 15 is 0 Å². The Balaban J connectivity index is 1.78. The molecule has 98 valence electrons. The molecule has 0 aliphatic heterocycles. The van der Waals surface area contributed by atoms with E-state index in [1.54, 1.807) is 12.3 Å². The summed E-state index contributed by atoms with van der Waals surface area (Å²) in [5, 5.41) is 10.1. The maximum absolute atomic E-state index is 11.7. The minimum absolute atomic E-state index is 0.0242. The van der Waals surface area contributed by atoms with Crippen molar-refractivity contribution in [1.82, 2.24) is 10.3 Å². The van der Waals surface area contributed by atoms with Gasteiger partial charge < -0.3 is 15.5 Å². The van der Waals surface area contributed by atoms with Gasteiger partial charge in [-0.25, -0.2) is 4.63 Å². The molecule has 2 aromatic heterocycles. The van der Waals surface area contributed by atoms with E-state index in [0.717, 1.165) is 11.5 Å². The minimum Gasteiger partial charge on any atom is -0.469 e. The van der Waals surface area contributed by atoms with E-state index in [9.17, 15) is 4.79 Å². The highest BCUT2D eigenvalue weighted by molar-refractivity contribution is 5.92. The summed E-state index contributed by atoms with van der Waals surface area (Å²) in [6.45, 7) is 0. The van der Waals surface area contributed by atoms with Gasteiger partial charge in [-0.3, -0.25) is 4.79 Å². The first kappa shape index (κ1) is 11.5. The molecule has 3 rings (SSSR count). The van der Waals surface area contributed by atoms with Gasteiger partial charge in [0.25, 0.3) is 0 Å². The van der Waals surface area contributed by atoms with Crippen LogP contribution in [0.3, 0.4) is 0 Å². The van der Waals surface area contributed by atoms with Crippen LogP contribution in [0.5, 0.6) is 0 Å². The number of hydrogen-bond donors (Lipinski definition) is 2. The first-order chi connectivity index (χ1) is 9.22. The molecule has 7 heteroatoms. The van der Waals surface area contributed by atoms with Crippen molar-refractivity contribution in [2.45, 2.75) is 18.8 Å². The summed E-state index contributed by atoms with van der Waals surface area (Å²) in [5.41, 5.74) is 6.28. The molecule has 1 aliphatic carbocycles. The van der Waals surface area contributed by atoms with E-state index in [4.69, 9.17) is 10.2 Å². The van der Waals surface area contributed by atoms with Crippen molar-refractivity contribution in [2.75, 3.05) is 11.1 Å². The third kappa shape index (κ3) is 2.35. The number of anilines is 2. The molecule has 2 heterocycles. The zero-order chi connectivity index (χ0) is 13.2. The Hall–Kier alpha value is -2.57. The molecule has 1 aliphatic rings. The Kier molecular flexibility index (Phi) is 2.79. The van der Waals surface area contributed by atoms with Gasteiger partial charge >= 0.3 is 0 Å². The number of aromatic nitrogens is 2. The first-order valence-electron chi connectivity index (χ1n) is 5.84. The quantitative estimate of drug-likeness (QED) is 0.864. The van der Waals surface area contributed by atoms with Crippen LogP contribution < -0.4 is 11.1 Å². The Morgan fingerprint density at radius 3 is 2.95 bits per heavy atom. The lowest BCUT2D eigenvalue weighted by atomic mass is 9.89. The second-order valence-corrected chi connectivity index (χ2v) is 4.38. The number of nitrogens with zero attached hydrogens (tertiary/aromatic N) is 2. The topological polar surface area (TPSA) is 107 Å². The van der Waals surface area contributed by atoms with Crippen LogP contribution >= 0.6 is 0 Å². The molecule has 0 saturated carbocycles. The van der Waals surface area contributed by atoms with E-state index in [1.807, 2.05) is 12.1 Å². The Morgan fingerprint density at radius 2 is 2.26 bits per heavy atom. The summed E-state index contributed by atoms with van der Waals surface area (Å²) in [6, 6.07) is 3.68. The van der Waals surface area contributed by atoms with Crippen molar-refractivity contribution in [3.8, 4) is 0 Å². The Morgan fingerprint density at radius 1 is 1.37 bits per heavy atom. The number of rotatable bonds is 3. The van der Waals surface area contributed by atoms with Crippen LogP contribution in [0.1, 0.15) is 24.5 Å². The number of furan rings is 1. The minimum atomic E-state index is 0.0242. The van der Waals surface area contributed by atoms with E-state index in [0.29, 0.717) is 18.7 Å². The van der Waals surface area contributed by atoms with E-state index in [1.165, 1.54) is 0 Å². The molecule has 0 radical (unpaired) electrons. The smallest absolute Gasteiger partial charge is 0.219 e. The maximum Gasteiger partial charge on any atom is 0.219 e. The van der Waals surface area contributed by atoms with Gasteiger partial charge in [0, 0.05) is 24.1 Å². The Bertz CT molecular complexity index is 615. The van der Waals surface area contributed by atoms with E-state index < -0.39 is 0 Å². The number of nitrogens with one attached hydrogen (secondary N) is 1. The average Bonchev–Trinajstić information content (AvgIpc) is 3.01. The zero-order valence-corrected chi connectivity index (χ0v) is 10.00. The average molecular weight is 260 g/mol. The number of carbonyl (C=O) groups excluding carboxylic acids is 1. The number of nitrogens with two attached hydrogens (primary N) is 1. The fourth-order valence-corrected chi connectivity index (χ4v) is 2.14. The van der Waals surface area contributed by atoms with Crippen molar-refractivity contribution < 1.29 is 13.8 Å². The SMILES string of the molecule is Nc1nonc1NC1=CC(=O)C[C@@H](c2ccco2)C1. The fourth-order valence-electron chi connectivity index (χ4n) is 2.14. The van der Waals surface area contributed by atoms with Gasteiger partial charge in [0.2, 0.25) is 11.6 Å². The zero-order valence-electron chi connectivity index (χ0n) is 10.00. The molecule has 2 aromatic rings. The van der Waals surface area contributed by atoms with Crippen LogP contribution in [0.4, 0.5) is 11.6 Å². The van der Waals surface area contributed by atoms with Crippen molar-refractivity contribution >= 4 is 17.4 Å². The first-order valence-corrected chi connectivity index (χ1v) is 5.84. The summed E-state index contributed by atoms with van der Waals surface area (Å²) in [4.78, 5) is 11.7. The molecule has 0 fully saturated rings. The standard InChI is InChI=1S/C12H12N4O3/c13-11-12(16-19-15-11)14-8-4-7(5-9(17)6-8)10-2-1-3-18-10/h1-3,6-7H,4-5H2,(H2,13,15)(H,14,16)/t7-/m0/s1.